The lowest BCUT2D eigenvalue weighted by Crippen LogP contribution is -2.34. The molecule has 2 heterocycles. The number of hydrogen-bond donors (Lipinski definition) is 0. The van der Waals surface area contributed by atoms with Crippen molar-refractivity contribution in [1.29, 1.82) is 0 Å². The van der Waals surface area contributed by atoms with Crippen LogP contribution < -0.4 is 9.64 Å². The van der Waals surface area contributed by atoms with E-state index < -0.39 is 5.60 Å². The van der Waals surface area contributed by atoms with E-state index in [1.54, 1.807) is 6.07 Å². The number of hydrogen-bond acceptors (Lipinski definition) is 2. The summed E-state index contributed by atoms with van der Waals surface area (Å²) >= 11 is 0. The summed E-state index contributed by atoms with van der Waals surface area (Å²) in [5.41, 5.74) is 2.62. The minimum Gasteiger partial charge on any atom is -0.473 e. The highest BCUT2D eigenvalue weighted by atomic mass is 19.1. The van der Waals surface area contributed by atoms with Crippen molar-refractivity contribution in [3.63, 3.8) is 0 Å². The first-order valence-electron chi connectivity index (χ1n) is 11.3. The van der Waals surface area contributed by atoms with Crippen LogP contribution in [-0.4, -0.2) is 13.1 Å². The first-order chi connectivity index (χ1) is 15.7. The van der Waals surface area contributed by atoms with Crippen LogP contribution in [0.15, 0.2) is 91.0 Å². The first-order valence-corrected chi connectivity index (χ1v) is 11.3. The fourth-order valence-corrected chi connectivity index (χ4v) is 5.06. The topological polar surface area (TPSA) is 12.5 Å². The van der Waals surface area contributed by atoms with Gasteiger partial charge in [-0.2, -0.15) is 0 Å². The number of rotatable bonds is 3. The molecule has 0 spiro atoms. The Morgan fingerprint density at radius 1 is 0.781 bits per heavy atom. The maximum Gasteiger partial charge on any atom is 0.178 e. The third-order valence-electron chi connectivity index (χ3n) is 6.71. The third-order valence-corrected chi connectivity index (χ3v) is 6.71. The summed E-state index contributed by atoms with van der Waals surface area (Å²) in [7, 11) is 0. The maximum atomic E-state index is 15.3. The van der Waals surface area contributed by atoms with Gasteiger partial charge in [0.05, 0.1) is 5.69 Å². The zero-order chi connectivity index (χ0) is 21.5. The van der Waals surface area contributed by atoms with E-state index in [1.807, 2.05) is 60.7 Å². The summed E-state index contributed by atoms with van der Waals surface area (Å²) in [4.78, 5) is 2.13. The Bertz CT molecular complexity index is 1320. The molecular formula is C29H24FNO. The Balaban J connectivity index is 1.51. The van der Waals surface area contributed by atoms with Crippen LogP contribution in [0, 0.1) is 5.82 Å². The van der Waals surface area contributed by atoms with E-state index in [0.29, 0.717) is 5.69 Å². The summed E-state index contributed by atoms with van der Waals surface area (Å²) in [5, 5.41) is 2.33. The second-order valence-electron chi connectivity index (χ2n) is 8.60. The highest BCUT2D eigenvalue weighted by molar-refractivity contribution is 5.94. The van der Waals surface area contributed by atoms with E-state index in [0.717, 1.165) is 53.8 Å². The highest BCUT2D eigenvalue weighted by Gasteiger charge is 2.38. The van der Waals surface area contributed by atoms with E-state index >= 15 is 4.39 Å². The molecule has 1 saturated heterocycles. The van der Waals surface area contributed by atoms with Crippen molar-refractivity contribution in [3.8, 4) is 5.75 Å². The average Bonchev–Trinajstić information content (AvgIpc) is 3.39. The third kappa shape index (κ3) is 3.00. The van der Waals surface area contributed by atoms with E-state index in [9.17, 15) is 0 Å². The second-order valence-corrected chi connectivity index (χ2v) is 8.60. The Labute approximate surface area is 187 Å². The summed E-state index contributed by atoms with van der Waals surface area (Å²) in [6, 6.07) is 28.1. The SMILES string of the molecule is Fc1cc(C2(c3ccccc3)C=Cc3c(ccc4ccccc34)O2)ccc1N1CCCC1. The van der Waals surface area contributed by atoms with Crippen LogP contribution in [0.2, 0.25) is 0 Å². The molecule has 1 atom stereocenters. The fourth-order valence-electron chi connectivity index (χ4n) is 5.06. The van der Waals surface area contributed by atoms with E-state index in [-0.39, 0.29) is 5.82 Å². The van der Waals surface area contributed by atoms with E-state index in [1.165, 1.54) is 5.39 Å². The molecular weight excluding hydrogens is 397 g/mol. The van der Waals surface area contributed by atoms with Gasteiger partial charge in [-0.25, -0.2) is 4.39 Å². The summed E-state index contributed by atoms with van der Waals surface area (Å²) < 4.78 is 22.1. The highest BCUT2D eigenvalue weighted by Crippen LogP contribution is 2.44. The quantitative estimate of drug-likeness (QED) is 0.356. The van der Waals surface area contributed by atoms with Gasteiger partial charge in [0.2, 0.25) is 0 Å². The molecule has 0 bridgehead atoms. The van der Waals surface area contributed by atoms with Crippen molar-refractivity contribution in [2.45, 2.75) is 18.4 Å². The molecule has 4 aromatic carbocycles. The summed E-state index contributed by atoms with van der Waals surface area (Å²) in [6.45, 7) is 1.83. The number of anilines is 1. The van der Waals surface area contributed by atoms with Crippen molar-refractivity contribution < 1.29 is 9.13 Å². The molecule has 1 unspecified atom stereocenters. The maximum absolute atomic E-state index is 15.3. The van der Waals surface area contributed by atoms with Crippen LogP contribution in [0.4, 0.5) is 10.1 Å². The van der Waals surface area contributed by atoms with Crippen molar-refractivity contribution in [2.75, 3.05) is 18.0 Å². The molecule has 2 aliphatic rings. The lowest BCUT2D eigenvalue weighted by Gasteiger charge is -2.36. The predicted molar refractivity (Wildman–Crippen MR) is 129 cm³/mol. The summed E-state index contributed by atoms with van der Waals surface area (Å²) in [6.07, 6.45) is 6.43. The van der Waals surface area contributed by atoms with Gasteiger partial charge in [-0.3, -0.25) is 0 Å². The minimum absolute atomic E-state index is 0.194. The van der Waals surface area contributed by atoms with Crippen LogP contribution in [0.25, 0.3) is 16.8 Å². The molecule has 6 rings (SSSR count). The Morgan fingerprint density at radius 3 is 2.38 bits per heavy atom. The van der Waals surface area contributed by atoms with Gasteiger partial charge in [0.15, 0.2) is 5.60 Å². The Kier molecular flexibility index (Phi) is 4.50. The van der Waals surface area contributed by atoms with Crippen molar-refractivity contribution in [2.24, 2.45) is 0 Å². The van der Waals surface area contributed by atoms with Gasteiger partial charge in [0, 0.05) is 29.8 Å². The predicted octanol–water partition coefficient (Wildman–Crippen LogP) is 6.93. The van der Waals surface area contributed by atoms with E-state index in [4.69, 9.17) is 4.74 Å². The Morgan fingerprint density at radius 2 is 1.56 bits per heavy atom. The van der Waals surface area contributed by atoms with Crippen molar-refractivity contribution in [1.82, 2.24) is 0 Å². The number of benzene rings is 4. The molecule has 0 radical (unpaired) electrons. The molecule has 3 heteroatoms. The number of fused-ring (bicyclic) bond motifs is 3. The van der Waals surface area contributed by atoms with Gasteiger partial charge in [-0.05, 0) is 54.0 Å². The lowest BCUT2D eigenvalue weighted by atomic mass is 9.83. The van der Waals surface area contributed by atoms with Crippen LogP contribution >= 0.6 is 0 Å². The van der Waals surface area contributed by atoms with Gasteiger partial charge >= 0.3 is 0 Å². The number of nitrogens with zero attached hydrogens (tertiary/aromatic N) is 1. The standard InChI is InChI=1S/C29H24FNO/c30-26-20-23(13-14-27(26)31-18-6-7-19-31)29(22-9-2-1-3-10-22)17-16-25-24-11-5-4-8-21(24)12-15-28(25)32-29/h1-5,8-17,20H,6-7,18-19H2. The van der Waals surface area contributed by atoms with Crippen LogP contribution in [-0.2, 0) is 5.60 Å². The Hall–Kier alpha value is -3.59. The molecule has 32 heavy (non-hydrogen) atoms. The van der Waals surface area contributed by atoms with Gasteiger partial charge in [0.25, 0.3) is 0 Å². The second kappa shape index (κ2) is 7.52. The normalized spacial score (nSPS) is 19.7. The molecule has 2 aliphatic heterocycles. The molecule has 0 aliphatic carbocycles. The van der Waals surface area contributed by atoms with Gasteiger partial charge in [0.1, 0.15) is 11.6 Å². The zero-order valence-corrected chi connectivity index (χ0v) is 17.8. The summed E-state index contributed by atoms with van der Waals surface area (Å²) in [5.74, 6) is 0.611. The van der Waals surface area contributed by atoms with Crippen molar-refractivity contribution in [3.05, 3.63) is 114 Å². The molecule has 0 saturated carbocycles. The van der Waals surface area contributed by atoms with Gasteiger partial charge < -0.3 is 9.64 Å². The number of ether oxygens (including phenoxy) is 1. The molecule has 0 amide bonds. The molecule has 1 fully saturated rings. The lowest BCUT2D eigenvalue weighted by molar-refractivity contribution is 0.161. The van der Waals surface area contributed by atoms with Crippen molar-refractivity contribution >= 4 is 22.5 Å². The van der Waals surface area contributed by atoms with Crippen LogP contribution in [0.1, 0.15) is 29.5 Å². The van der Waals surface area contributed by atoms with Gasteiger partial charge in [-0.15, -0.1) is 0 Å². The van der Waals surface area contributed by atoms with E-state index in [2.05, 4.69) is 35.3 Å². The number of halogens is 1. The molecule has 158 valence electrons. The monoisotopic (exact) mass is 421 g/mol. The van der Waals surface area contributed by atoms with Gasteiger partial charge in [-0.1, -0.05) is 66.7 Å². The average molecular weight is 422 g/mol. The first kappa shape index (κ1) is 19.1. The molecule has 2 nitrogen and oxygen atoms in total. The zero-order valence-electron chi connectivity index (χ0n) is 17.8. The molecule has 4 aromatic rings. The molecule has 0 N–H and O–H groups in total. The molecule has 0 aromatic heterocycles. The minimum atomic E-state index is -0.888. The fraction of sp³-hybridized carbons (Fsp3) is 0.172. The van der Waals surface area contributed by atoms with Crippen LogP contribution in [0.3, 0.4) is 0 Å². The smallest absolute Gasteiger partial charge is 0.178 e. The largest absolute Gasteiger partial charge is 0.473 e. The van der Waals surface area contributed by atoms with Crippen LogP contribution in [0.5, 0.6) is 5.75 Å².